The number of likely N-dealkylation sites (N-methyl/N-ethyl adjacent to an activating group) is 3. The largest absolute Gasteiger partial charge is 0.399 e. The minimum atomic E-state index is 0.734. The van der Waals surface area contributed by atoms with Gasteiger partial charge in [-0.25, -0.2) is 0 Å². The second-order valence-corrected chi connectivity index (χ2v) is 14.0. The normalized spacial score (nSPS) is 17.2. The monoisotopic (exact) mass is 682 g/mol. The third kappa shape index (κ3) is 5.68. The first-order valence-corrected chi connectivity index (χ1v) is 17.8. The molecule has 0 aliphatic carbocycles. The zero-order chi connectivity index (χ0) is 35.3. The molecule has 9 rings (SSSR count). The van der Waals surface area contributed by atoms with Crippen molar-refractivity contribution in [1.82, 2.24) is 34.6 Å². The van der Waals surface area contributed by atoms with E-state index in [4.69, 9.17) is 5.73 Å². The Morgan fingerprint density at radius 2 is 0.769 bits per heavy atom. The molecular weight excluding hydrogens is 641 g/mol. The van der Waals surface area contributed by atoms with Crippen molar-refractivity contribution >= 4 is 28.0 Å². The highest BCUT2D eigenvalue weighted by molar-refractivity contribution is 5.86. The quantitative estimate of drug-likeness (QED) is 0.186. The van der Waals surface area contributed by atoms with Gasteiger partial charge in [0.05, 0.1) is 0 Å². The second kappa shape index (κ2) is 12.7. The van der Waals surface area contributed by atoms with Crippen LogP contribution in [0.1, 0.15) is 28.3 Å². The van der Waals surface area contributed by atoms with Gasteiger partial charge in [-0.2, -0.15) is 0 Å². The van der Waals surface area contributed by atoms with Crippen molar-refractivity contribution in [3.05, 3.63) is 194 Å². The van der Waals surface area contributed by atoms with Crippen LogP contribution in [0.5, 0.6) is 0 Å². The van der Waals surface area contributed by atoms with E-state index < -0.39 is 0 Å². The average Bonchev–Trinajstić information content (AvgIpc) is 3.99. The number of benzene rings is 1. The van der Waals surface area contributed by atoms with E-state index in [0.29, 0.717) is 0 Å². The van der Waals surface area contributed by atoms with Crippen molar-refractivity contribution < 1.29 is 0 Å². The van der Waals surface area contributed by atoms with Gasteiger partial charge in [0.15, 0.2) is 0 Å². The van der Waals surface area contributed by atoms with E-state index in [1.807, 2.05) is 12.1 Å². The van der Waals surface area contributed by atoms with Crippen LogP contribution in [0.4, 0.5) is 5.69 Å². The third-order valence-corrected chi connectivity index (χ3v) is 10.3. The van der Waals surface area contributed by atoms with Crippen LogP contribution in [-0.2, 0) is 0 Å². The summed E-state index contributed by atoms with van der Waals surface area (Å²) < 4.78 is 0. The number of nitrogen functional groups attached to an aromatic ring is 1. The number of nitrogens with two attached hydrogens (primary N) is 1. The number of rotatable bonds is 4. The lowest BCUT2D eigenvalue weighted by Gasteiger charge is -2.19. The van der Waals surface area contributed by atoms with Crippen molar-refractivity contribution in [1.29, 1.82) is 0 Å². The van der Waals surface area contributed by atoms with Gasteiger partial charge in [-0.3, -0.25) is 0 Å². The summed E-state index contributed by atoms with van der Waals surface area (Å²) in [5, 5.41) is 4.14. The Bertz CT molecular complexity index is 2660. The molecule has 5 aromatic rings. The molecule has 1 aromatic carbocycles. The Morgan fingerprint density at radius 1 is 0.423 bits per heavy atom. The molecule has 8 heterocycles. The van der Waals surface area contributed by atoms with Crippen LogP contribution in [0.2, 0.25) is 0 Å². The van der Waals surface area contributed by atoms with Gasteiger partial charge >= 0.3 is 0 Å². The van der Waals surface area contributed by atoms with Crippen LogP contribution < -0.4 is 27.1 Å². The van der Waals surface area contributed by atoms with Gasteiger partial charge in [-0.1, -0.05) is 30.4 Å². The summed E-state index contributed by atoms with van der Waals surface area (Å²) in [5.41, 5.74) is 20.1. The van der Waals surface area contributed by atoms with E-state index in [-0.39, 0.29) is 0 Å². The topological polar surface area (TPSA) is 98.9 Å². The first-order valence-electron chi connectivity index (χ1n) is 17.8. The summed E-state index contributed by atoms with van der Waals surface area (Å²) in [6.07, 6.45) is 20.0. The number of H-pyrrole nitrogens is 4. The first kappa shape index (κ1) is 31.4. The summed E-state index contributed by atoms with van der Waals surface area (Å²) in [6, 6.07) is 25.8. The van der Waals surface area contributed by atoms with Crippen molar-refractivity contribution in [3.63, 3.8) is 0 Å². The summed E-state index contributed by atoms with van der Waals surface area (Å²) in [4.78, 5) is 22.1. The molecule has 258 valence electrons. The molecule has 6 N–H and O–H groups in total. The highest BCUT2D eigenvalue weighted by atomic mass is 15.1. The van der Waals surface area contributed by atoms with Gasteiger partial charge in [-0.15, -0.1) is 0 Å². The number of nitrogens with zero attached hydrogens (tertiary/aromatic N) is 3. The van der Waals surface area contributed by atoms with E-state index in [2.05, 4.69) is 171 Å². The summed E-state index contributed by atoms with van der Waals surface area (Å²) in [5.74, 6) is 0. The molecule has 8 heteroatoms. The molecule has 0 amide bonds. The number of aromatic amines is 4. The maximum Gasteiger partial charge on any atom is 0.0485 e. The van der Waals surface area contributed by atoms with Crippen LogP contribution in [0.25, 0.3) is 22.3 Å². The Morgan fingerprint density at radius 3 is 1.12 bits per heavy atom. The van der Waals surface area contributed by atoms with E-state index >= 15 is 0 Å². The zero-order valence-corrected chi connectivity index (χ0v) is 29.7. The molecule has 0 fully saturated rings. The minimum absolute atomic E-state index is 0.734. The van der Waals surface area contributed by atoms with Gasteiger partial charge in [0.1, 0.15) is 0 Å². The lowest BCUT2D eigenvalue weighted by atomic mass is 10.0. The van der Waals surface area contributed by atoms with Crippen LogP contribution in [0.15, 0.2) is 145 Å². The molecular formula is C44H42N8. The Labute approximate surface area is 302 Å². The van der Waals surface area contributed by atoms with Gasteiger partial charge in [0, 0.05) is 113 Å². The van der Waals surface area contributed by atoms with Crippen molar-refractivity contribution in [3.8, 4) is 0 Å². The molecule has 4 aliphatic heterocycles. The fourth-order valence-electron chi connectivity index (χ4n) is 7.51. The van der Waals surface area contributed by atoms with Crippen molar-refractivity contribution in [2.45, 2.75) is 0 Å². The first-order chi connectivity index (χ1) is 25.4. The lowest BCUT2D eigenvalue weighted by Crippen LogP contribution is -2.21. The number of fused-ring (bicyclic) bond motifs is 8. The van der Waals surface area contributed by atoms with Crippen LogP contribution >= 0.6 is 0 Å². The number of allylic oxidation sites excluding steroid dienone is 6. The Kier molecular flexibility index (Phi) is 7.65. The molecule has 4 aliphatic rings. The molecule has 52 heavy (non-hydrogen) atoms. The van der Waals surface area contributed by atoms with Crippen LogP contribution in [-0.4, -0.2) is 75.4 Å². The molecule has 0 atom stereocenters. The minimum Gasteiger partial charge on any atom is -0.399 e. The van der Waals surface area contributed by atoms with E-state index in [1.165, 1.54) is 5.57 Å². The van der Waals surface area contributed by atoms with E-state index in [0.717, 1.165) is 108 Å². The highest BCUT2D eigenvalue weighted by Crippen LogP contribution is 2.30. The van der Waals surface area contributed by atoms with Gasteiger partial charge in [-0.05, 0) is 120 Å². The van der Waals surface area contributed by atoms with E-state index in [1.54, 1.807) is 0 Å². The van der Waals surface area contributed by atoms with Gasteiger partial charge in [0.2, 0.25) is 0 Å². The molecule has 0 spiro atoms. The van der Waals surface area contributed by atoms with E-state index in [9.17, 15) is 0 Å². The van der Waals surface area contributed by atoms with Gasteiger partial charge < -0.3 is 40.4 Å². The van der Waals surface area contributed by atoms with Crippen molar-refractivity contribution in [2.75, 3.05) is 46.5 Å². The molecule has 8 bridgehead atoms. The SMILES string of the molecule is CN1C=CC(C2=c3ccc([nH]3)=C(C3=CCN(C)C=C3)c3ccc([nH]3)C(c3ccc(N)cc3)=c3ccc([nH]3)=C(C3=CCN(C)C=C3)c3ccc2[nH]3)=CC1. The molecule has 4 aromatic heterocycles. The molecule has 8 nitrogen and oxygen atoms in total. The molecule has 0 saturated heterocycles. The van der Waals surface area contributed by atoms with Gasteiger partial charge in [0.25, 0.3) is 0 Å². The smallest absolute Gasteiger partial charge is 0.0485 e. The molecule has 0 radical (unpaired) electrons. The zero-order valence-electron chi connectivity index (χ0n) is 29.7. The predicted molar refractivity (Wildman–Crippen MR) is 211 cm³/mol. The maximum absolute atomic E-state index is 6.18. The van der Waals surface area contributed by atoms with Crippen LogP contribution in [0, 0.1) is 0 Å². The standard InChI is InChI=1S/C44H42N8/c1-50-22-16-29(17-23-50)42-35-10-8-33(46-35)41(28-4-6-32(45)7-5-28)34-9-11-36(47-34)43(30-18-24-51(2)25-19-30)38-13-15-40(49-38)44(39-14-12-37(42)48-39)31-20-26-52(3)27-21-31/h4-22,24,26,46-49H,23,25,27,45H2,1-3H3. The Balaban J connectivity index is 1.39. The Hall–Kier alpha value is -6.54. The number of aromatic nitrogens is 4. The number of hydrogen-bond acceptors (Lipinski definition) is 4. The third-order valence-electron chi connectivity index (χ3n) is 10.3. The summed E-state index contributed by atoms with van der Waals surface area (Å²) in [6.45, 7) is 2.50. The lowest BCUT2D eigenvalue weighted by molar-refractivity contribution is 0.503. The number of hydrogen-bond donors (Lipinski definition) is 5. The molecule has 0 saturated carbocycles. The summed E-state index contributed by atoms with van der Waals surface area (Å²) in [7, 11) is 6.30. The summed E-state index contributed by atoms with van der Waals surface area (Å²) >= 11 is 0. The average molecular weight is 683 g/mol. The molecule has 0 unspecified atom stereocenters. The number of anilines is 1. The predicted octanol–water partition coefficient (Wildman–Crippen LogP) is 3.90. The highest BCUT2D eigenvalue weighted by Gasteiger charge is 2.20. The fraction of sp³-hybridized carbons (Fsp3) is 0.136. The fourth-order valence-corrected chi connectivity index (χ4v) is 7.51. The maximum atomic E-state index is 6.18. The number of nitrogens with one attached hydrogen (secondary N) is 4. The second-order valence-electron chi connectivity index (χ2n) is 14.0. The van der Waals surface area contributed by atoms with Crippen molar-refractivity contribution in [2.24, 2.45) is 0 Å². The van der Waals surface area contributed by atoms with Crippen LogP contribution in [0.3, 0.4) is 0 Å².